The quantitative estimate of drug-likeness (QED) is 0.688. The average molecular weight is 320 g/mol. The third-order valence-electron chi connectivity index (χ3n) is 2.79. The van der Waals surface area contributed by atoms with E-state index < -0.39 is 5.97 Å². The molecule has 1 atom stereocenters. The van der Waals surface area contributed by atoms with Crippen LogP contribution in [0.1, 0.15) is 28.9 Å². The molecule has 0 radical (unpaired) electrons. The molecule has 2 aromatic carbocycles. The molecule has 0 bridgehead atoms. The Morgan fingerprint density at radius 1 is 1.21 bits per heavy atom. The van der Waals surface area contributed by atoms with Crippen LogP contribution < -0.4 is 5.73 Å². The lowest BCUT2D eigenvalue weighted by Gasteiger charge is -2.14. The van der Waals surface area contributed by atoms with Gasteiger partial charge in [-0.2, -0.15) is 0 Å². The van der Waals surface area contributed by atoms with Gasteiger partial charge in [-0.15, -0.1) is 0 Å². The summed E-state index contributed by atoms with van der Waals surface area (Å²) in [6.07, 6.45) is -0.313. The molecule has 0 aromatic heterocycles. The number of hydrogen-bond acceptors (Lipinski definition) is 3. The van der Waals surface area contributed by atoms with E-state index in [-0.39, 0.29) is 6.10 Å². The van der Waals surface area contributed by atoms with Crippen molar-refractivity contribution >= 4 is 27.6 Å². The minimum Gasteiger partial charge on any atom is -0.454 e. The summed E-state index contributed by atoms with van der Waals surface area (Å²) in [5, 5.41) is 0. The van der Waals surface area contributed by atoms with Crippen molar-refractivity contribution in [3.63, 3.8) is 0 Å². The number of nitrogen functional groups attached to an aromatic ring is 1. The highest BCUT2D eigenvalue weighted by atomic mass is 79.9. The molecule has 0 saturated heterocycles. The van der Waals surface area contributed by atoms with Crippen LogP contribution in [0.25, 0.3) is 0 Å². The first-order valence-corrected chi connectivity index (χ1v) is 6.68. The van der Waals surface area contributed by atoms with Gasteiger partial charge in [0.15, 0.2) is 0 Å². The number of esters is 1. The predicted octanol–water partition coefficient (Wildman–Crippen LogP) is 3.95. The number of ether oxygens (including phenoxy) is 1. The fraction of sp³-hybridized carbons (Fsp3) is 0.133. The summed E-state index contributed by atoms with van der Waals surface area (Å²) >= 11 is 3.31. The zero-order chi connectivity index (χ0) is 13.8. The summed E-state index contributed by atoms with van der Waals surface area (Å²) in [6.45, 7) is 1.83. The third kappa shape index (κ3) is 3.35. The number of benzene rings is 2. The Hall–Kier alpha value is -1.81. The normalized spacial score (nSPS) is 11.9. The number of carbonyl (C=O) groups excluding carboxylic acids is 1. The largest absolute Gasteiger partial charge is 0.454 e. The zero-order valence-corrected chi connectivity index (χ0v) is 12.1. The number of carbonyl (C=O) groups is 1. The Kier molecular flexibility index (Phi) is 4.22. The van der Waals surface area contributed by atoms with Gasteiger partial charge in [-0.1, -0.05) is 46.3 Å². The van der Waals surface area contributed by atoms with Gasteiger partial charge in [0.1, 0.15) is 6.10 Å². The van der Waals surface area contributed by atoms with E-state index in [9.17, 15) is 4.79 Å². The van der Waals surface area contributed by atoms with Crippen LogP contribution >= 0.6 is 15.9 Å². The number of nitrogens with two attached hydrogens (primary N) is 1. The van der Waals surface area contributed by atoms with Crippen LogP contribution in [0.4, 0.5) is 5.69 Å². The molecule has 0 heterocycles. The van der Waals surface area contributed by atoms with Gasteiger partial charge in [-0.25, -0.2) is 4.79 Å². The highest BCUT2D eigenvalue weighted by molar-refractivity contribution is 9.10. The topological polar surface area (TPSA) is 52.3 Å². The summed E-state index contributed by atoms with van der Waals surface area (Å²) in [5.41, 5.74) is 7.51. The molecule has 0 unspecified atom stereocenters. The van der Waals surface area contributed by atoms with E-state index >= 15 is 0 Å². The van der Waals surface area contributed by atoms with Crippen molar-refractivity contribution in [2.24, 2.45) is 0 Å². The fourth-order valence-electron chi connectivity index (χ4n) is 1.72. The van der Waals surface area contributed by atoms with E-state index in [1.54, 1.807) is 18.2 Å². The monoisotopic (exact) mass is 319 g/mol. The molecule has 0 saturated carbocycles. The van der Waals surface area contributed by atoms with Gasteiger partial charge in [-0.05, 0) is 30.7 Å². The van der Waals surface area contributed by atoms with Gasteiger partial charge in [0.2, 0.25) is 0 Å². The van der Waals surface area contributed by atoms with E-state index in [0.29, 0.717) is 11.3 Å². The molecule has 0 fully saturated rings. The van der Waals surface area contributed by atoms with Crippen LogP contribution in [-0.4, -0.2) is 5.97 Å². The zero-order valence-electron chi connectivity index (χ0n) is 10.5. The maximum Gasteiger partial charge on any atom is 0.340 e. The molecule has 0 spiro atoms. The molecule has 2 N–H and O–H groups in total. The SMILES string of the molecule is C[C@@H](OC(=O)c1cc(Br)ccc1N)c1ccccc1. The van der Waals surface area contributed by atoms with E-state index in [1.165, 1.54) is 0 Å². The van der Waals surface area contributed by atoms with E-state index in [4.69, 9.17) is 10.5 Å². The molecule has 2 aromatic rings. The van der Waals surface area contributed by atoms with Crippen molar-refractivity contribution in [1.82, 2.24) is 0 Å². The van der Waals surface area contributed by atoms with Crippen LogP contribution in [0, 0.1) is 0 Å². The van der Waals surface area contributed by atoms with Crippen molar-refractivity contribution in [2.75, 3.05) is 5.73 Å². The van der Waals surface area contributed by atoms with Crippen molar-refractivity contribution in [3.05, 3.63) is 64.1 Å². The highest BCUT2D eigenvalue weighted by Gasteiger charge is 2.16. The summed E-state index contributed by atoms with van der Waals surface area (Å²) in [6, 6.07) is 14.7. The molecule has 0 aliphatic carbocycles. The van der Waals surface area contributed by atoms with Crippen molar-refractivity contribution < 1.29 is 9.53 Å². The molecular weight excluding hydrogens is 306 g/mol. The second kappa shape index (κ2) is 5.89. The molecule has 3 nitrogen and oxygen atoms in total. The van der Waals surface area contributed by atoms with Crippen molar-refractivity contribution in [1.29, 1.82) is 0 Å². The van der Waals surface area contributed by atoms with Crippen molar-refractivity contribution in [3.8, 4) is 0 Å². The van der Waals surface area contributed by atoms with Gasteiger partial charge in [0, 0.05) is 10.2 Å². The predicted molar refractivity (Wildman–Crippen MR) is 78.8 cm³/mol. The maximum atomic E-state index is 12.1. The lowest BCUT2D eigenvalue weighted by Crippen LogP contribution is -2.11. The average Bonchev–Trinajstić information content (AvgIpc) is 2.42. The minimum absolute atomic E-state index is 0.313. The lowest BCUT2D eigenvalue weighted by atomic mass is 10.1. The van der Waals surface area contributed by atoms with Gasteiger partial charge in [-0.3, -0.25) is 0 Å². The third-order valence-corrected chi connectivity index (χ3v) is 3.28. The van der Waals surface area contributed by atoms with Gasteiger partial charge < -0.3 is 10.5 Å². The van der Waals surface area contributed by atoms with Crippen LogP contribution in [0.2, 0.25) is 0 Å². The lowest BCUT2D eigenvalue weighted by molar-refractivity contribution is 0.0339. The second-order valence-corrected chi connectivity index (χ2v) is 5.11. The Balaban J connectivity index is 2.15. The van der Waals surface area contributed by atoms with Crippen molar-refractivity contribution in [2.45, 2.75) is 13.0 Å². The Labute approximate surface area is 120 Å². The van der Waals surface area contributed by atoms with E-state index in [1.807, 2.05) is 37.3 Å². The Bertz CT molecular complexity index is 584. The van der Waals surface area contributed by atoms with E-state index in [0.717, 1.165) is 10.0 Å². The van der Waals surface area contributed by atoms with Crippen LogP contribution in [0.5, 0.6) is 0 Å². The van der Waals surface area contributed by atoms with Crippen LogP contribution in [-0.2, 0) is 4.74 Å². The minimum atomic E-state index is -0.421. The molecular formula is C15H14BrNO2. The maximum absolute atomic E-state index is 12.1. The summed E-state index contributed by atoms with van der Waals surface area (Å²) in [4.78, 5) is 12.1. The Morgan fingerprint density at radius 3 is 2.58 bits per heavy atom. The summed E-state index contributed by atoms with van der Waals surface area (Å²) in [7, 11) is 0. The molecule has 0 aliphatic heterocycles. The molecule has 4 heteroatoms. The van der Waals surface area contributed by atoms with E-state index in [2.05, 4.69) is 15.9 Å². The molecule has 0 aliphatic rings. The van der Waals surface area contributed by atoms with Crippen LogP contribution in [0.15, 0.2) is 53.0 Å². The number of halogens is 1. The number of rotatable bonds is 3. The molecule has 98 valence electrons. The smallest absolute Gasteiger partial charge is 0.340 e. The molecule has 2 rings (SSSR count). The fourth-order valence-corrected chi connectivity index (χ4v) is 2.08. The first-order valence-electron chi connectivity index (χ1n) is 5.89. The number of hydrogen-bond donors (Lipinski definition) is 1. The highest BCUT2D eigenvalue weighted by Crippen LogP contribution is 2.23. The summed E-state index contributed by atoms with van der Waals surface area (Å²) in [5.74, 6) is -0.421. The van der Waals surface area contributed by atoms with Gasteiger partial charge in [0.05, 0.1) is 5.56 Å². The number of anilines is 1. The standard InChI is InChI=1S/C15H14BrNO2/c1-10(11-5-3-2-4-6-11)19-15(18)13-9-12(16)7-8-14(13)17/h2-10H,17H2,1H3/t10-/m1/s1. The van der Waals surface area contributed by atoms with Gasteiger partial charge in [0.25, 0.3) is 0 Å². The molecule has 0 amide bonds. The first-order chi connectivity index (χ1) is 9.08. The summed E-state index contributed by atoms with van der Waals surface area (Å²) < 4.78 is 6.21. The van der Waals surface area contributed by atoms with Gasteiger partial charge >= 0.3 is 5.97 Å². The first kappa shape index (κ1) is 13.6. The second-order valence-electron chi connectivity index (χ2n) is 4.19. The Morgan fingerprint density at radius 2 is 1.89 bits per heavy atom. The van der Waals surface area contributed by atoms with Crippen LogP contribution in [0.3, 0.4) is 0 Å². The molecule has 19 heavy (non-hydrogen) atoms.